The summed E-state index contributed by atoms with van der Waals surface area (Å²) in [6.45, 7) is 3.40. The molecule has 0 aliphatic carbocycles. The van der Waals surface area contributed by atoms with Crippen LogP contribution in [0.2, 0.25) is 0 Å². The Morgan fingerprint density at radius 1 is 1.04 bits per heavy atom. The number of amides is 2. The third kappa shape index (κ3) is 3.87. The zero-order chi connectivity index (χ0) is 16.9. The van der Waals surface area contributed by atoms with Crippen LogP contribution in [0.25, 0.3) is 0 Å². The molecular formula is C17H19N5O2. The van der Waals surface area contributed by atoms with Crippen LogP contribution >= 0.6 is 0 Å². The van der Waals surface area contributed by atoms with Crippen LogP contribution in [0.1, 0.15) is 30.3 Å². The summed E-state index contributed by atoms with van der Waals surface area (Å²) in [5.74, 6) is 0.300. The van der Waals surface area contributed by atoms with Crippen molar-refractivity contribution in [2.45, 2.75) is 19.8 Å². The van der Waals surface area contributed by atoms with Crippen molar-refractivity contribution in [1.29, 1.82) is 0 Å². The van der Waals surface area contributed by atoms with E-state index in [0.29, 0.717) is 11.4 Å². The van der Waals surface area contributed by atoms with Gasteiger partial charge in [-0.1, -0.05) is 6.07 Å². The summed E-state index contributed by atoms with van der Waals surface area (Å²) >= 11 is 0. The van der Waals surface area contributed by atoms with Crippen LogP contribution in [0.5, 0.6) is 0 Å². The number of hydrogen-bond acceptors (Lipinski definition) is 5. The predicted octanol–water partition coefficient (Wildman–Crippen LogP) is 2.29. The van der Waals surface area contributed by atoms with E-state index in [4.69, 9.17) is 0 Å². The van der Waals surface area contributed by atoms with Crippen molar-refractivity contribution >= 4 is 29.0 Å². The zero-order valence-corrected chi connectivity index (χ0v) is 13.5. The van der Waals surface area contributed by atoms with Gasteiger partial charge in [-0.25, -0.2) is 9.97 Å². The molecule has 1 aromatic heterocycles. The average Bonchev–Trinajstić information content (AvgIpc) is 3.09. The summed E-state index contributed by atoms with van der Waals surface area (Å²) in [7, 11) is 0. The van der Waals surface area contributed by atoms with Crippen molar-refractivity contribution in [3.63, 3.8) is 0 Å². The van der Waals surface area contributed by atoms with E-state index >= 15 is 0 Å². The van der Waals surface area contributed by atoms with Crippen LogP contribution in [0, 0.1) is 0 Å². The molecule has 0 spiro atoms. The number of anilines is 3. The predicted molar refractivity (Wildman–Crippen MR) is 92.2 cm³/mol. The van der Waals surface area contributed by atoms with Crippen molar-refractivity contribution in [1.82, 2.24) is 9.97 Å². The summed E-state index contributed by atoms with van der Waals surface area (Å²) in [5.41, 5.74) is 1.45. The second-order valence-electron chi connectivity index (χ2n) is 5.67. The highest BCUT2D eigenvalue weighted by Gasteiger charge is 2.15. The molecule has 3 rings (SSSR count). The van der Waals surface area contributed by atoms with Gasteiger partial charge >= 0.3 is 0 Å². The number of aromatic nitrogens is 2. The quantitative estimate of drug-likeness (QED) is 0.900. The maximum absolute atomic E-state index is 12.3. The minimum absolute atomic E-state index is 0.165. The van der Waals surface area contributed by atoms with Crippen LogP contribution in [-0.4, -0.2) is 34.9 Å². The van der Waals surface area contributed by atoms with Gasteiger partial charge in [-0.2, -0.15) is 0 Å². The topological polar surface area (TPSA) is 87.2 Å². The number of nitrogens with zero attached hydrogens (tertiary/aromatic N) is 3. The minimum atomic E-state index is -0.338. The standard InChI is InChI=1S/C17H19N5O2/c1-12(23)20-13-5-4-6-14(9-13)21-17(24)15-10-19-16(11-18-15)22-7-2-3-8-22/h4-6,9-11H,2-3,7-8H2,1H3,(H,20,23)(H,21,24). The van der Waals surface area contributed by atoms with Gasteiger partial charge in [0.05, 0.1) is 12.4 Å². The number of benzene rings is 1. The van der Waals surface area contributed by atoms with E-state index in [2.05, 4.69) is 25.5 Å². The molecule has 124 valence electrons. The molecule has 0 radical (unpaired) electrons. The number of carbonyl (C=O) groups excluding carboxylic acids is 2. The fourth-order valence-electron chi connectivity index (χ4n) is 2.62. The molecule has 2 aromatic rings. The molecule has 2 heterocycles. The van der Waals surface area contributed by atoms with Crippen LogP contribution in [0.3, 0.4) is 0 Å². The molecule has 7 nitrogen and oxygen atoms in total. The van der Waals surface area contributed by atoms with Crippen molar-refractivity contribution in [2.75, 3.05) is 28.6 Å². The first-order chi connectivity index (χ1) is 11.6. The normalized spacial score (nSPS) is 13.6. The molecule has 0 saturated carbocycles. The van der Waals surface area contributed by atoms with Crippen LogP contribution < -0.4 is 15.5 Å². The van der Waals surface area contributed by atoms with Crippen LogP contribution in [0.4, 0.5) is 17.2 Å². The molecule has 2 N–H and O–H groups in total. The molecule has 2 amide bonds. The molecular weight excluding hydrogens is 306 g/mol. The third-order valence-electron chi connectivity index (χ3n) is 3.74. The maximum Gasteiger partial charge on any atom is 0.275 e. The Morgan fingerprint density at radius 2 is 1.75 bits per heavy atom. The average molecular weight is 325 g/mol. The van der Waals surface area contributed by atoms with Crippen LogP contribution in [-0.2, 0) is 4.79 Å². The number of nitrogens with one attached hydrogen (secondary N) is 2. The Balaban J connectivity index is 1.67. The lowest BCUT2D eigenvalue weighted by atomic mass is 10.2. The molecule has 0 unspecified atom stereocenters. The van der Waals surface area contributed by atoms with Crippen molar-refractivity contribution in [3.8, 4) is 0 Å². The summed E-state index contributed by atoms with van der Waals surface area (Å²) in [4.78, 5) is 34.0. The Bertz CT molecular complexity index is 739. The number of carbonyl (C=O) groups is 2. The van der Waals surface area contributed by atoms with Gasteiger partial charge in [0.15, 0.2) is 0 Å². The summed E-state index contributed by atoms with van der Waals surface area (Å²) < 4.78 is 0. The van der Waals surface area contributed by atoms with E-state index in [9.17, 15) is 9.59 Å². The summed E-state index contributed by atoms with van der Waals surface area (Å²) in [6, 6.07) is 6.94. The highest BCUT2D eigenvalue weighted by molar-refractivity contribution is 6.03. The molecule has 1 saturated heterocycles. The number of hydrogen-bond donors (Lipinski definition) is 2. The van der Waals surface area contributed by atoms with Gasteiger partial charge < -0.3 is 15.5 Å². The lowest BCUT2D eigenvalue weighted by molar-refractivity contribution is -0.114. The maximum atomic E-state index is 12.3. The van der Waals surface area contributed by atoms with Gasteiger partial charge in [-0.15, -0.1) is 0 Å². The molecule has 1 fully saturated rings. The van der Waals surface area contributed by atoms with Crippen molar-refractivity contribution in [2.24, 2.45) is 0 Å². The Morgan fingerprint density at radius 3 is 2.38 bits per heavy atom. The fourth-order valence-corrected chi connectivity index (χ4v) is 2.62. The molecule has 0 bridgehead atoms. The van der Waals surface area contributed by atoms with Crippen LogP contribution in [0.15, 0.2) is 36.7 Å². The number of rotatable bonds is 4. The Hall–Kier alpha value is -2.96. The van der Waals surface area contributed by atoms with E-state index in [1.165, 1.54) is 13.1 Å². The molecule has 1 aliphatic rings. The first-order valence-corrected chi connectivity index (χ1v) is 7.88. The highest BCUT2D eigenvalue weighted by atomic mass is 16.2. The molecule has 24 heavy (non-hydrogen) atoms. The molecule has 1 aromatic carbocycles. The van der Waals surface area contributed by atoms with E-state index in [-0.39, 0.29) is 17.5 Å². The van der Waals surface area contributed by atoms with Gasteiger partial charge in [-0.05, 0) is 31.0 Å². The monoisotopic (exact) mass is 325 g/mol. The zero-order valence-electron chi connectivity index (χ0n) is 13.5. The molecule has 7 heteroatoms. The van der Waals surface area contributed by atoms with Gasteiger partial charge in [-0.3, -0.25) is 9.59 Å². The summed E-state index contributed by atoms with van der Waals surface area (Å²) in [6.07, 6.45) is 5.44. The van der Waals surface area contributed by atoms with E-state index < -0.39 is 0 Å². The Kier molecular flexibility index (Phi) is 4.69. The minimum Gasteiger partial charge on any atom is -0.355 e. The lowest BCUT2D eigenvalue weighted by Crippen LogP contribution is -2.20. The largest absolute Gasteiger partial charge is 0.355 e. The van der Waals surface area contributed by atoms with E-state index in [1.807, 2.05) is 0 Å². The first-order valence-electron chi connectivity index (χ1n) is 7.88. The van der Waals surface area contributed by atoms with Crippen molar-refractivity contribution < 1.29 is 9.59 Å². The van der Waals surface area contributed by atoms with E-state index in [0.717, 1.165) is 31.7 Å². The Labute approximate surface area is 140 Å². The first kappa shape index (κ1) is 15.9. The summed E-state index contributed by atoms with van der Waals surface area (Å²) in [5, 5.41) is 5.43. The lowest BCUT2D eigenvalue weighted by Gasteiger charge is -2.15. The second kappa shape index (κ2) is 7.08. The smallest absolute Gasteiger partial charge is 0.275 e. The molecule has 1 aliphatic heterocycles. The van der Waals surface area contributed by atoms with Gasteiger partial charge in [0.2, 0.25) is 5.91 Å². The van der Waals surface area contributed by atoms with Crippen molar-refractivity contribution in [3.05, 3.63) is 42.4 Å². The van der Waals surface area contributed by atoms with Gasteiger partial charge in [0, 0.05) is 31.4 Å². The third-order valence-corrected chi connectivity index (χ3v) is 3.74. The SMILES string of the molecule is CC(=O)Nc1cccc(NC(=O)c2cnc(N3CCCC3)cn2)c1. The van der Waals surface area contributed by atoms with Gasteiger partial charge in [0.25, 0.3) is 5.91 Å². The van der Waals surface area contributed by atoms with Gasteiger partial charge in [0.1, 0.15) is 11.5 Å². The highest BCUT2D eigenvalue weighted by Crippen LogP contribution is 2.18. The van der Waals surface area contributed by atoms with E-state index in [1.54, 1.807) is 30.5 Å². The second-order valence-corrected chi connectivity index (χ2v) is 5.67. The fraction of sp³-hybridized carbons (Fsp3) is 0.294. The molecule has 0 atom stereocenters.